The van der Waals surface area contributed by atoms with Crippen molar-refractivity contribution in [2.24, 2.45) is 11.5 Å². The Balaban J connectivity index is 0.000000257. The van der Waals surface area contributed by atoms with Crippen LogP contribution in [0.4, 0.5) is 0 Å². The second-order valence-electron chi connectivity index (χ2n) is 4.58. The predicted octanol–water partition coefficient (Wildman–Crippen LogP) is 3.61. The second kappa shape index (κ2) is 11.6. The molecule has 0 radical (unpaired) electrons. The summed E-state index contributed by atoms with van der Waals surface area (Å²) in [5, 5.41) is 0. The van der Waals surface area contributed by atoms with E-state index in [9.17, 15) is 9.59 Å². The van der Waals surface area contributed by atoms with Gasteiger partial charge in [-0.15, -0.1) is 0 Å². The van der Waals surface area contributed by atoms with E-state index < -0.39 is 11.8 Å². The quantitative estimate of drug-likeness (QED) is 0.748. The molecule has 0 heterocycles. The third-order valence-corrected chi connectivity index (χ3v) is 4.98. The lowest BCUT2D eigenvalue weighted by Gasteiger charge is -1.99. The van der Waals surface area contributed by atoms with E-state index in [0.29, 0.717) is 6.42 Å². The maximum absolute atomic E-state index is 10.1. The van der Waals surface area contributed by atoms with Gasteiger partial charge in [-0.1, -0.05) is 58.0 Å². The Bertz CT molecular complexity index is 539. The molecule has 0 spiro atoms. The van der Waals surface area contributed by atoms with Crippen LogP contribution in [-0.2, 0) is 9.59 Å². The smallest absolute Gasteiger partial charge is 0.217 e. The average molecular weight is 348 g/mol. The van der Waals surface area contributed by atoms with E-state index in [4.69, 9.17) is 11.5 Å². The third kappa shape index (κ3) is 10.4. The highest BCUT2D eigenvalue weighted by Crippen LogP contribution is 2.36. The first-order valence-electron chi connectivity index (χ1n) is 7.09. The topological polar surface area (TPSA) is 86.2 Å². The number of carbonyl (C=O) groups excluding carboxylic acids is 2. The van der Waals surface area contributed by atoms with Crippen LogP contribution in [0.5, 0.6) is 0 Å². The summed E-state index contributed by atoms with van der Waals surface area (Å²) in [5.74, 6) is -0.785. The van der Waals surface area contributed by atoms with Crippen LogP contribution in [0.15, 0.2) is 70.5 Å². The van der Waals surface area contributed by atoms with Crippen molar-refractivity contribution in [1.82, 2.24) is 0 Å². The second-order valence-corrected chi connectivity index (χ2v) is 6.86. The lowest BCUT2D eigenvalue weighted by molar-refractivity contribution is -0.119. The molecule has 2 amide bonds. The fraction of sp³-hybridized carbons (Fsp3) is 0.176. The molecule has 0 saturated carbocycles. The van der Waals surface area contributed by atoms with E-state index in [1.807, 2.05) is 12.1 Å². The first-order chi connectivity index (χ1) is 11.1. The summed E-state index contributed by atoms with van der Waals surface area (Å²) in [5.41, 5.74) is 9.58. The van der Waals surface area contributed by atoms with E-state index in [2.05, 4.69) is 48.5 Å². The number of rotatable bonds is 7. The third-order valence-electron chi connectivity index (χ3n) is 2.57. The fourth-order valence-electron chi connectivity index (χ4n) is 1.49. The van der Waals surface area contributed by atoms with E-state index in [-0.39, 0.29) is 12.8 Å². The van der Waals surface area contributed by atoms with Crippen LogP contribution >= 0.6 is 21.6 Å². The molecule has 0 bridgehead atoms. The van der Waals surface area contributed by atoms with Crippen molar-refractivity contribution in [3.8, 4) is 0 Å². The lowest BCUT2D eigenvalue weighted by atomic mass is 10.2. The van der Waals surface area contributed by atoms with Crippen molar-refractivity contribution >= 4 is 33.4 Å². The minimum atomic E-state index is -0.392. The van der Waals surface area contributed by atoms with E-state index >= 15 is 0 Å². The van der Waals surface area contributed by atoms with Gasteiger partial charge >= 0.3 is 0 Å². The number of benzene rings is 2. The summed E-state index contributed by atoms with van der Waals surface area (Å²) in [7, 11) is 3.58. The summed E-state index contributed by atoms with van der Waals surface area (Å²) in [6.45, 7) is 0. The van der Waals surface area contributed by atoms with Gasteiger partial charge in [0, 0.05) is 22.6 Å². The molecule has 122 valence electrons. The summed E-state index contributed by atoms with van der Waals surface area (Å²) in [6.07, 6.45) is 0.941. The summed E-state index contributed by atoms with van der Waals surface area (Å²) in [4.78, 5) is 22.7. The maximum Gasteiger partial charge on any atom is 0.217 e. The minimum Gasteiger partial charge on any atom is -0.370 e. The first kappa shape index (κ1) is 19.1. The molecule has 4 nitrogen and oxygen atoms in total. The van der Waals surface area contributed by atoms with Crippen molar-refractivity contribution in [2.75, 3.05) is 0 Å². The van der Waals surface area contributed by atoms with Crippen LogP contribution < -0.4 is 11.5 Å². The van der Waals surface area contributed by atoms with Crippen molar-refractivity contribution in [3.63, 3.8) is 0 Å². The summed E-state index contributed by atoms with van der Waals surface area (Å²) in [6, 6.07) is 20.8. The number of primary amides is 2. The fourth-order valence-corrected chi connectivity index (χ4v) is 3.46. The summed E-state index contributed by atoms with van der Waals surface area (Å²) >= 11 is 0. The molecule has 0 fully saturated rings. The van der Waals surface area contributed by atoms with Gasteiger partial charge in [0.25, 0.3) is 0 Å². The molecule has 0 atom stereocenters. The Labute approximate surface area is 144 Å². The van der Waals surface area contributed by atoms with Gasteiger partial charge in [-0.05, 0) is 30.7 Å². The number of hydrogen-bond donors (Lipinski definition) is 2. The monoisotopic (exact) mass is 348 g/mol. The molecule has 0 aliphatic heterocycles. The van der Waals surface area contributed by atoms with Crippen molar-refractivity contribution in [2.45, 2.75) is 29.1 Å². The van der Waals surface area contributed by atoms with Crippen molar-refractivity contribution in [3.05, 3.63) is 60.7 Å². The van der Waals surface area contributed by atoms with E-state index in [1.54, 1.807) is 21.6 Å². The molecular formula is C17H20N2O2S2. The first-order valence-corrected chi connectivity index (χ1v) is 9.24. The van der Waals surface area contributed by atoms with Gasteiger partial charge in [0.05, 0.1) is 0 Å². The number of hydrogen-bond acceptors (Lipinski definition) is 4. The Morgan fingerprint density at radius 2 is 1.04 bits per heavy atom. The zero-order valence-electron chi connectivity index (χ0n) is 12.7. The van der Waals surface area contributed by atoms with Gasteiger partial charge in [-0.25, -0.2) is 0 Å². The van der Waals surface area contributed by atoms with E-state index in [1.165, 1.54) is 9.79 Å². The van der Waals surface area contributed by atoms with Gasteiger partial charge in [0.2, 0.25) is 11.8 Å². The molecule has 6 heteroatoms. The number of carbonyl (C=O) groups is 2. The van der Waals surface area contributed by atoms with Crippen LogP contribution in [0.1, 0.15) is 19.3 Å². The van der Waals surface area contributed by atoms with Crippen LogP contribution in [-0.4, -0.2) is 11.8 Å². The highest BCUT2D eigenvalue weighted by atomic mass is 33.1. The van der Waals surface area contributed by atoms with Crippen LogP contribution in [0.3, 0.4) is 0 Å². The molecule has 23 heavy (non-hydrogen) atoms. The van der Waals surface area contributed by atoms with Crippen LogP contribution in [0.2, 0.25) is 0 Å². The van der Waals surface area contributed by atoms with Gasteiger partial charge < -0.3 is 11.5 Å². The van der Waals surface area contributed by atoms with Gasteiger partial charge in [0.1, 0.15) is 0 Å². The lowest BCUT2D eigenvalue weighted by Crippen LogP contribution is -2.14. The molecule has 0 unspecified atom stereocenters. The Morgan fingerprint density at radius 1 is 0.696 bits per heavy atom. The van der Waals surface area contributed by atoms with Crippen molar-refractivity contribution < 1.29 is 9.59 Å². The Hall–Kier alpha value is -1.92. The minimum absolute atomic E-state index is 0.239. The molecule has 0 aromatic heterocycles. The van der Waals surface area contributed by atoms with Gasteiger partial charge in [0.15, 0.2) is 0 Å². The van der Waals surface area contributed by atoms with Gasteiger partial charge in [-0.2, -0.15) is 0 Å². The number of amides is 2. The summed E-state index contributed by atoms with van der Waals surface area (Å²) < 4.78 is 0. The largest absolute Gasteiger partial charge is 0.370 e. The maximum atomic E-state index is 10.1. The highest BCUT2D eigenvalue weighted by molar-refractivity contribution is 8.76. The van der Waals surface area contributed by atoms with Crippen molar-refractivity contribution in [1.29, 1.82) is 0 Å². The van der Waals surface area contributed by atoms with Crippen LogP contribution in [0.25, 0.3) is 0 Å². The Kier molecular flexibility index (Phi) is 9.66. The normalized spacial score (nSPS) is 9.57. The zero-order valence-corrected chi connectivity index (χ0v) is 14.3. The molecule has 0 aliphatic rings. The van der Waals surface area contributed by atoms with E-state index in [0.717, 1.165) is 0 Å². The SMILES string of the molecule is NC(=O)CCCC(N)=O.c1ccc(SSc2ccccc2)cc1. The van der Waals surface area contributed by atoms with Gasteiger partial charge in [-0.3, -0.25) is 9.59 Å². The highest BCUT2D eigenvalue weighted by Gasteiger charge is 1.96. The molecule has 0 saturated heterocycles. The molecular weight excluding hydrogens is 328 g/mol. The van der Waals surface area contributed by atoms with Crippen LogP contribution in [0, 0.1) is 0 Å². The average Bonchev–Trinajstić information content (AvgIpc) is 2.55. The molecule has 2 aromatic carbocycles. The Morgan fingerprint density at radius 3 is 1.35 bits per heavy atom. The molecule has 2 aromatic rings. The standard InChI is InChI=1S/C12H10S2.C5H10N2O2/c1-3-7-11(8-4-1)13-14-12-9-5-2-6-10-12;6-4(8)2-1-3-5(7)9/h1-10H;1-3H2,(H2,6,8)(H2,7,9). The molecule has 2 rings (SSSR count). The molecule has 0 aliphatic carbocycles. The number of nitrogens with two attached hydrogens (primary N) is 2. The molecule has 4 N–H and O–H groups in total. The zero-order chi connectivity index (χ0) is 16.9. The predicted molar refractivity (Wildman–Crippen MR) is 96.8 cm³/mol.